The Balaban J connectivity index is 1.76. The molecule has 1 aliphatic rings. The number of aliphatic hydroxyl groups is 1. The van der Waals surface area contributed by atoms with Gasteiger partial charge in [0.15, 0.2) is 0 Å². The first-order valence-corrected chi connectivity index (χ1v) is 5.81. The van der Waals surface area contributed by atoms with Crippen molar-refractivity contribution in [2.24, 2.45) is 0 Å². The first-order valence-electron chi connectivity index (χ1n) is 5.81. The molecule has 1 amide bonds. The highest BCUT2D eigenvalue weighted by atomic mass is 16.6. The maximum atomic E-state index is 11.6. The molecule has 92 valence electrons. The van der Waals surface area contributed by atoms with Gasteiger partial charge in [0.25, 0.3) is 0 Å². The average Bonchev–Trinajstić information content (AvgIpc) is 2.33. The number of nitrogens with zero attached hydrogens (tertiary/aromatic N) is 1. The molecule has 0 spiro atoms. The Morgan fingerprint density at radius 2 is 2.06 bits per heavy atom. The number of hydrogen-bond acceptors (Lipinski definition) is 3. The molecule has 4 nitrogen and oxygen atoms in total. The van der Waals surface area contributed by atoms with Crippen LogP contribution in [0.15, 0.2) is 30.3 Å². The molecule has 2 rings (SSSR count). The van der Waals surface area contributed by atoms with Crippen molar-refractivity contribution in [3.63, 3.8) is 0 Å². The van der Waals surface area contributed by atoms with Gasteiger partial charge in [-0.2, -0.15) is 0 Å². The third-order valence-electron chi connectivity index (χ3n) is 3.09. The largest absolute Gasteiger partial charge is 0.445 e. The smallest absolute Gasteiger partial charge is 0.410 e. The number of hydrogen-bond donors (Lipinski definition) is 1. The van der Waals surface area contributed by atoms with Gasteiger partial charge in [0.2, 0.25) is 0 Å². The van der Waals surface area contributed by atoms with Crippen LogP contribution in [-0.2, 0) is 11.3 Å². The average molecular weight is 235 g/mol. The van der Waals surface area contributed by atoms with Crippen LogP contribution >= 0.6 is 0 Å². The highest BCUT2D eigenvalue weighted by Gasteiger charge is 2.42. The van der Waals surface area contributed by atoms with Crippen molar-refractivity contribution >= 4 is 6.09 Å². The van der Waals surface area contributed by atoms with Gasteiger partial charge in [-0.1, -0.05) is 37.3 Å². The summed E-state index contributed by atoms with van der Waals surface area (Å²) in [6, 6.07) is 9.55. The fraction of sp³-hybridized carbons (Fsp3) is 0.462. The SMILES string of the molecule is CCC1(O)CN(C(=O)OCc2ccccc2)C1. The lowest BCUT2D eigenvalue weighted by atomic mass is 9.92. The Labute approximate surface area is 101 Å². The van der Waals surface area contributed by atoms with Crippen molar-refractivity contribution in [1.82, 2.24) is 4.90 Å². The van der Waals surface area contributed by atoms with Crippen LogP contribution in [0.5, 0.6) is 0 Å². The molecule has 0 radical (unpaired) electrons. The molecule has 0 atom stereocenters. The van der Waals surface area contributed by atoms with Crippen LogP contribution in [0.3, 0.4) is 0 Å². The summed E-state index contributed by atoms with van der Waals surface area (Å²) in [6.45, 7) is 2.93. The zero-order valence-corrected chi connectivity index (χ0v) is 9.93. The van der Waals surface area contributed by atoms with Crippen LogP contribution < -0.4 is 0 Å². The van der Waals surface area contributed by atoms with Crippen LogP contribution in [0.25, 0.3) is 0 Å². The minimum atomic E-state index is -0.703. The molecule has 1 aliphatic heterocycles. The van der Waals surface area contributed by atoms with Gasteiger partial charge in [-0.3, -0.25) is 0 Å². The van der Waals surface area contributed by atoms with E-state index in [-0.39, 0.29) is 12.7 Å². The third-order valence-corrected chi connectivity index (χ3v) is 3.09. The molecule has 17 heavy (non-hydrogen) atoms. The van der Waals surface area contributed by atoms with Crippen molar-refractivity contribution in [2.75, 3.05) is 13.1 Å². The van der Waals surface area contributed by atoms with E-state index >= 15 is 0 Å². The van der Waals surface area contributed by atoms with Crippen molar-refractivity contribution in [3.05, 3.63) is 35.9 Å². The van der Waals surface area contributed by atoms with E-state index in [4.69, 9.17) is 4.74 Å². The Morgan fingerprint density at radius 1 is 1.41 bits per heavy atom. The van der Waals surface area contributed by atoms with Crippen LogP contribution in [0.2, 0.25) is 0 Å². The van der Waals surface area contributed by atoms with Gasteiger partial charge >= 0.3 is 6.09 Å². The number of carbonyl (C=O) groups excluding carboxylic acids is 1. The van der Waals surface area contributed by atoms with Gasteiger partial charge in [-0.05, 0) is 12.0 Å². The van der Waals surface area contributed by atoms with Crippen LogP contribution in [-0.4, -0.2) is 34.8 Å². The molecule has 0 aromatic heterocycles. The lowest BCUT2D eigenvalue weighted by molar-refractivity contribution is -0.0911. The van der Waals surface area contributed by atoms with E-state index < -0.39 is 5.60 Å². The maximum absolute atomic E-state index is 11.6. The second-order valence-corrected chi connectivity index (χ2v) is 4.47. The number of carbonyl (C=O) groups is 1. The molecule has 1 N–H and O–H groups in total. The van der Waals surface area contributed by atoms with Gasteiger partial charge in [0.05, 0.1) is 18.7 Å². The molecule has 1 heterocycles. The molecular formula is C13H17NO3. The highest BCUT2D eigenvalue weighted by molar-refractivity contribution is 5.69. The van der Waals surface area contributed by atoms with Crippen molar-refractivity contribution in [1.29, 1.82) is 0 Å². The van der Waals surface area contributed by atoms with E-state index in [1.54, 1.807) is 0 Å². The van der Waals surface area contributed by atoms with Gasteiger partial charge < -0.3 is 14.7 Å². The summed E-state index contributed by atoms with van der Waals surface area (Å²) >= 11 is 0. The van der Waals surface area contributed by atoms with E-state index in [1.807, 2.05) is 37.3 Å². The first-order chi connectivity index (χ1) is 8.13. The second-order valence-electron chi connectivity index (χ2n) is 4.47. The Bertz CT molecular complexity index is 385. The minimum absolute atomic E-state index is 0.278. The van der Waals surface area contributed by atoms with Crippen molar-refractivity contribution < 1.29 is 14.6 Å². The summed E-state index contributed by atoms with van der Waals surface area (Å²) in [5.41, 5.74) is 0.262. The lowest BCUT2D eigenvalue weighted by Crippen LogP contribution is -2.63. The van der Waals surface area contributed by atoms with E-state index in [9.17, 15) is 9.90 Å². The molecule has 0 aliphatic carbocycles. The molecule has 1 saturated heterocycles. The molecule has 1 fully saturated rings. The molecule has 1 aromatic carbocycles. The Hall–Kier alpha value is -1.55. The number of rotatable bonds is 3. The van der Waals surface area contributed by atoms with E-state index in [2.05, 4.69) is 0 Å². The quantitative estimate of drug-likeness (QED) is 0.868. The fourth-order valence-electron chi connectivity index (χ4n) is 1.83. The Kier molecular flexibility index (Phi) is 3.33. The van der Waals surface area contributed by atoms with Gasteiger partial charge in [-0.15, -0.1) is 0 Å². The van der Waals surface area contributed by atoms with Gasteiger partial charge in [0, 0.05) is 0 Å². The topological polar surface area (TPSA) is 49.8 Å². The summed E-state index contributed by atoms with van der Waals surface area (Å²) in [5, 5.41) is 9.77. The minimum Gasteiger partial charge on any atom is -0.445 e. The van der Waals surface area contributed by atoms with E-state index in [0.29, 0.717) is 19.5 Å². The summed E-state index contributed by atoms with van der Waals surface area (Å²) in [4.78, 5) is 13.1. The third kappa shape index (κ3) is 2.77. The molecule has 0 bridgehead atoms. The lowest BCUT2D eigenvalue weighted by Gasteiger charge is -2.45. The van der Waals surface area contributed by atoms with Crippen molar-refractivity contribution in [3.8, 4) is 0 Å². The predicted molar refractivity (Wildman–Crippen MR) is 63.4 cm³/mol. The number of benzene rings is 1. The molecule has 0 saturated carbocycles. The molecular weight excluding hydrogens is 218 g/mol. The summed E-state index contributed by atoms with van der Waals surface area (Å²) in [5.74, 6) is 0. The number of ether oxygens (including phenoxy) is 1. The predicted octanol–water partition coefficient (Wildman–Crippen LogP) is 1.78. The maximum Gasteiger partial charge on any atom is 0.410 e. The van der Waals surface area contributed by atoms with Crippen LogP contribution in [0.1, 0.15) is 18.9 Å². The summed E-state index contributed by atoms with van der Waals surface area (Å²) in [7, 11) is 0. The second kappa shape index (κ2) is 4.75. The van der Waals surface area contributed by atoms with E-state index in [1.165, 1.54) is 4.90 Å². The first kappa shape index (κ1) is 11.9. The van der Waals surface area contributed by atoms with Crippen LogP contribution in [0.4, 0.5) is 4.79 Å². The van der Waals surface area contributed by atoms with Gasteiger partial charge in [0.1, 0.15) is 6.61 Å². The van der Waals surface area contributed by atoms with E-state index in [0.717, 1.165) is 5.56 Å². The number of likely N-dealkylation sites (tertiary alicyclic amines) is 1. The number of amides is 1. The number of β-amino-alcohol motifs (C(OH)–C–C–N with tert-alkyl or cyclic N) is 1. The summed E-state index contributed by atoms with van der Waals surface area (Å²) < 4.78 is 5.15. The zero-order chi connectivity index (χ0) is 12.3. The zero-order valence-electron chi connectivity index (χ0n) is 9.93. The van der Waals surface area contributed by atoms with Crippen molar-refractivity contribution in [2.45, 2.75) is 25.6 Å². The normalized spacial score (nSPS) is 17.4. The summed E-state index contributed by atoms with van der Waals surface area (Å²) in [6.07, 6.45) is 0.308. The monoisotopic (exact) mass is 235 g/mol. The molecule has 1 aromatic rings. The van der Waals surface area contributed by atoms with Gasteiger partial charge in [-0.25, -0.2) is 4.79 Å². The van der Waals surface area contributed by atoms with Crippen LogP contribution in [0, 0.1) is 0 Å². The Morgan fingerprint density at radius 3 is 2.65 bits per heavy atom. The molecule has 4 heteroatoms. The highest BCUT2D eigenvalue weighted by Crippen LogP contribution is 2.24. The molecule has 0 unspecified atom stereocenters. The fourth-order valence-corrected chi connectivity index (χ4v) is 1.83. The standard InChI is InChI=1S/C13H17NO3/c1-2-13(16)9-14(10-13)12(15)17-8-11-6-4-3-5-7-11/h3-7,16H,2,8-10H2,1H3.